The second-order valence-corrected chi connectivity index (χ2v) is 7.27. The Kier molecular flexibility index (Phi) is 5.10. The number of carbonyl (C=O) groups is 1. The summed E-state index contributed by atoms with van der Waals surface area (Å²) in [5, 5.41) is 15.3. The molecule has 4 nitrogen and oxygen atoms in total. The number of aliphatic hydroxyl groups is 1. The Morgan fingerprint density at radius 3 is 2.54 bits per heavy atom. The fraction of sp³-hybridized carbons (Fsp3) is 0.579. The van der Waals surface area contributed by atoms with Crippen LogP contribution >= 0.6 is 0 Å². The molecule has 142 valence electrons. The van der Waals surface area contributed by atoms with Gasteiger partial charge in [0.2, 0.25) is 5.91 Å². The molecule has 1 aromatic rings. The SMILES string of the molecule is Cc1ccccc1C1(O)CC(C(F)(F)F)=NN1C(=O)CC1CCCCC1. The van der Waals surface area contributed by atoms with Crippen molar-refractivity contribution in [1.29, 1.82) is 0 Å². The number of hydrogen-bond acceptors (Lipinski definition) is 3. The molecule has 0 aromatic heterocycles. The van der Waals surface area contributed by atoms with Gasteiger partial charge in [0.25, 0.3) is 0 Å². The van der Waals surface area contributed by atoms with Crippen molar-refractivity contribution in [3.05, 3.63) is 35.4 Å². The number of halogens is 3. The maximum Gasteiger partial charge on any atom is 0.431 e. The van der Waals surface area contributed by atoms with Crippen LogP contribution in [0.15, 0.2) is 29.4 Å². The number of nitrogens with zero attached hydrogens (tertiary/aromatic N) is 2. The molecule has 0 radical (unpaired) electrons. The molecule has 0 spiro atoms. The topological polar surface area (TPSA) is 52.9 Å². The van der Waals surface area contributed by atoms with Crippen LogP contribution in [0.4, 0.5) is 13.2 Å². The maximum absolute atomic E-state index is 13.2. The molecule has 1 aliphatic heterocycles. The molecule has 1 aliphatic carbocycles. The summed E-state index contributed by atoms with van der Waals surface area (Å²) in [6, 6.07) is 6.61. The van der Waals surface area contributed by atoms with Crippen LogP contribution in [0, 0.1) is 12.8 Å². The number of benzene rings is 1. The van der Waals surface area contributed by atoms with E-state index in [0.717, 1.165) is 32.1 Å². The third-order valence-electron chi connectivity index (χ3n) is 5.31. The number of hydrazone groups is 1. The number of amides is 1. The van der Waals surface area contributed by atoms with Crippen LogP contribution in [-0.2, 0) is 10.5 Å². The van der Waals surface area contributed by atoms with Gasteiger partial charge in [-0.1, -0.05) is 43.5 Å². The molecule has 0 saturated heterocycles. The summed E-state index contributed by atoms with van der Waals surface area (Å²) in [4.78, 5) is 12.8. The molecular formula is C19H23F3N2O2. The molecule has 1 fully saturated rings. The molecule has 1 N–H and O–H groups in total. The highest BCUT2D eigenvalue weighted by Crippen LogP contribution is 2.41. The first kappa shape index (κ1) is 18.9. The van der Waals surface area contributed by atoms with Crippen molar-refractivity contribution in [2.24, 2.45) is 11.0 Å². The minimum atomic E-state index is -4.68. The first-order valence-corrected chi connectivity index (χ1v) is 8.98. The van der Waals surface area contributed by atoms with Crippen LogP contribution in [-0.4, -0.2) is 27.9 Å². The van der Waals surface area contributed by atoms with Crippen molar-refractivity contribution in [1.82, 2.24) is 5.01 Å². The third-order valence-corrected chi connectivity index (χ3v) is 5.31. The minimum Gasteiger partial charge on any atom is -0.365 e. The summed E-state index contributed by atoms with van der Waals surface area (Å²) in [7, 11) is 0. The van der Waals surface area contributed by atoms with Gasteiger partial charge < -0.3 is 5.11 Å². The van der Waals surface area contributed by atoms with Crippen molar-refractivity contribution in [2.45, 2.75) is 63.8 Å². The number of alkyl halides is 3. The highest BCUT2D eigenvalue weighted by Gasteiger charge is 2.53. The largest absolute Gasteiger partial charge is 0.431 e. The molecule has 1 aromatic carbocycles. The standard InChI is InChI=1S/C19H23F3N2O2/c1-13-7-5-6-10-15(13)18(26)12-16(19(20,21)22)23-24(18)17(25)11-14-8-3-2-4-9-14/h5-7,10,14,26H,2-4,8-9,11-12H2,1H3. The van der Waals surface area contributed by atoms with E-state index in [0.29, 0.717) is 10.6 Å². The minimum absolute atomic E-state index is 0.114. The Balaban J connectivity index is 1.92. The average Bonchev–Trinajstić information content (AvgIpc) is 2.95. The average molecular weight is 368 g/mol. The molecule has 1 heterocycles. The summed E-state index contributed by atoms with van der Waals surface area (Å²) in [6.07, 6.45) is -0.375. The van der Waals surface area contributed by atoms with E-state index in [9.17, 15) is 23.1 Å². The smallest absolute Gasteiger partial charge is 0.365 e. The second kappa shape index (κ2) is 7.02. The van der Waals surface area contributed by atoms with Crippen molar-refractivity contribution >= 4 is 11.6 Å². The van der Waals surface area contributed by atoms with Gasteiger partial charge in [-0.25, -0.2) is 0 Å². The fourth-order valence-corrected chi connectivity index (χ4v) is 3.92. The van der Waals surface area contributed by atoms with E-state index in [1.54, 1.807) is 31.2 Å². The Hall–Kier alpha value is -1.89. The summed E-state index contributed by atoms with van der Waals surface area (Å²) in [5.41, 5.74) is -2.33. The van der Waals surface area contributed by atoms with E-state index in [2.05, 4.69) is 5.10 Å². The van der Waals surface area contributed by atoms with E-state index < -0.39 is 29.9 Å². The quantitative estimate of drug-likeness (QED) is 0.867. The van der Waals surface area contributed by atoms with Gasteiger partial charge in [0.05, 0.1) is 6.42 Å². The Labute approximate surface area is 150 Å². The summed E-state index contributed by atoms with van der Waals surface area (Å²) >= 11 is 0. The monoisotopic (exact) mass is 368 g/mol. The van der Waals surface area contributed by atoms with Crippen LogP contribution < -0.4 is 0 Å². The molecule has 7 heteroatoms. The lowest BCUT2D eigenvalue weighted by molar-refractivity contribution is -0.159. The number of carbonyl (C=O) groups excluding carboxylic acids is 1. The number of hydrogen-bond donors (Lipinski definition) is 1. The first-order chi connectivity index (χ1) is 12.2. The van der Waals surface area contributed by atoms with Crippen LogP contribution in [0.1, 0.15) is 56.1 Å². The number of aryl methyl sites for hydroxylation is 1. The van der Waals surface area contributed by atoms with Crippen LogP contribution in [0.2, 0.25) is 0 Å². The van der Waals surface area contributed by atoms with Crippen molar-refractivity contribution in [3.63, 3.8) is 0 Å². The van der Waals surface area contributed by atoms with Crippen LogP contribution in [0.25, 0.3) is 0 Å². The Morgan fingerprint density at radius 1 is 1.27 bits per heavy atom. The summed E-state index contributed by atoms with van der Waals surface area (Å²) in [6.45, 7) is 1.70. The molecule has 1 atom stereocenters. The van der Waals surface area contributed by atoms with Crippen molar-refractivity contribution in [2.75, 3.05) is 0 Å². The van der Waals surface area contributed by atoms with Gasteiger partial charge in [-0.2, -0.15) is 23.3 Å². The maximum atomic E-state index is 13.2. The van der Waals surface area contributed by atoms with E-state index in [4.69, 9.17) is 0 Å². The van der Waals surface area contributed by atoms with Gasteiger partial charge in [0.1, 0.15) is 5.71 Å². The lowest BCUT2D eigenvalue weighted by atomic mass is 9.86. The van der Waals surface area contributed by atoms with Crippen LogP contribution in [0.3, 0.4) is 0 Å². The van der Waals surface area contributed by atoms with Crippen molar-refractivity contribution in [3.8, 4) is 0 Å². The zero-order chi connectivity index (χ0) is 18.9. The normalized spacial score (nSPS) is 24.7. The van der Waals surface area contributed by atoms with Crippen molar-refractivity contribution < 1.29 is 23.1 Å². The van der Waals surface area contributed by atoms with Gasteiger partial charge in [-0.05, 0) is 31.2 Å². The third kappa shape index (κ3) is 3.63. The van der Waals surface area contributed by atoms with E-state index in [1.165, 1.54) is 0 Å². The van der Waals surface area contributed by atoms with E-state index >= 15 is 0 Å². The second-order valence-electron chi connectivity index (χ2n) is 7.27. The van der Waals surface area contributed by atoms with E-state index in [1.807, 2.05) is 0 Å². The van der Waals surface area contributed by atoms with E-state index in [-0.39, 0.29) is 17.9 Å². The lowest BCUT2D eigenvalue weighted by Crippen LogP contribution is -2.44. The predicted molar refractivity (Wildman–Crippen MR) is 91.2 cm³/mol. The molecule has 1 amide bonds. The molecule has 1 unspecified atom stereocenters. The number of rotatable bonds is 3. The summed E-state index contributed by atoms with van der Waals surface area (Å²) < 4.78 is 39.7. The highest BCUT2D eigenvalue weighted by molar-refractivity contribution is 5.94. The molecule has 2 aliphatic rings. The van der Waals surface area contributed by atoms with Gasteiger partial charge in [-0.3, -0.25) is 4.79 Å². The van der Waals surface area contributed by atoms with Gasteiger partial charge in [0, 0.05) is 12.0 Å². The lowest BCUT2D eigenvalue weighted by Gasteiger charge is -2.33. The Morgan fingerprint density at radius 2 is 1.92 bits per heavy atom. The van der Waals surface area contributed by atoms with Gasteiger partial charge in [0.15, 0.2) is 5.72 Å². The molecule has 26 heavy (non-hydrogen) atoms. The molecular weight excluding hydrogens is 345 g/mol. The zero-order valence-electron chi connectivity index (χ0n) is 14.7. The zero-order valence-corrected chi connectivity index (χ0v) is 14.7. The first-order valence-electron chi connectivity index (χ1n) is 8.98. The van der Waals surface area contributed by atoms with Crippen LogP contribution in [0.5, 0.6) is 0 Å². The Bertz CT molecular complexity index is 711. The van der Waals surface area contributed by atoms with Gasteiger partial charge in [-0.15, -0.1) is 0 Å². The fourth-order valence-electron chi connectivity index (χ4n) is 3.92. The molecule has 1 saturated carbocycles. The molecule has 0 bridgehead atoms. The highest BCUT2D eigenvalue weighted by atomic mass is 19.4. The van der Waals surface area contributed by atoms with Gasteiger partial charge >= 0.3 is 6.18 Å². The summed E-state index contributed by atoms with van der Waals surface area (Å²) in [5.74, 6) is -0.413. The predicted octanol–water partition coefficient (Wildman–Crippen LogP) is 4.26. The molecule has 3 rings (SSSR count).